The molecule has 3 aromatic heterocycles. The average Bonchev–Trinajstić information content (AvgIpc) is 3.24. The van der Waals surface area contributed by atoms with E-state index in [4.69, 9.17) is 8.94 Å². The Kier molecular flexibility index (Phi) is 3.82. The molecule has 3 rings (SSSR count). The molecule has 2 N–H and O–H groups in total. The first-order chi connectivity index (χ1) is 10.6. The van der Waals surface area contributed by atoms with Gasteiger partial charge >= 0.3 is 0 Å². The summed E-state index contributed by atoms with van der Waals surface area (Å²) in [4.78, 5) is 12.8. The molecule has 0 spiro atoms. The monoisotopic (exact) mass is 318 g/mol. The van der Waals surface area contributed by atoms with Crippen LogP contribution in [0.5, 0.6) is 0 Å². The Morgan fingerprint density at radius 1 is 1.45 bits per heavy atom. The van der Waals surface area contributed by atoms with Gasteiger partial charge in [-0.1, -0.05) is 11.2 Å². The zero-order valence-corrected chi connectivity index (χ0v) is 12.6. The van der Waals surface area contributed by atoms with Crippen molar-refractivity contribution in [1.29, 1.82) is 0 Å². The van der Waals surface area contributed by atoms with Crippen LogP contribution in [0.25, 0.3) is 0 Å². The summed E-state index contributed by atoms with van der Waals surface area (Å²) < 4.78 is 10.2. The summed E-state index contributed by atoms with van der Waals surface area (Å²) >= 11 is 1.39. The Morgan fingerprint density at radius 2 is 2.32 bits per heavy atom. The minimum atomic E-state index is -1.42. The van der Waals surface area contributed by atoms with E-state index in [0.717, 1.165) is 0 Å². The summed E-state index contributed by atoms with van der Waals surface area (Å²) in [5.41, 5.74) is -1.08. The highest BCUT2D eigenvalue weighted by Crippen LogP contribution is 2.32. The minimum absolute atomic E-state index is 0.0233. The molecule has 0 aliphatic rings. The second kappa shape index (κ2) is 5.78. The first kappa shape index (κ1) is 14.6. The summed E-state index contributed by atoms with van der Waals surface area (Å²) in [5, 5.41) is 19.1. The summed E-state index contributed by atoms with van der Waals surface area (Å²) in [6.07, 6.45) is 2.83. The lowest BCUT2D eigenvalue weighted by molar-refractivity contribution is 0.0554. The Hall–Kier alpha value is -2.38. The Morgan fingerprint density at radius 3 is 2.91 bits per heavy atom. The van der Waals surface area contributed by atoms with Crippen LogP contribution in [0.15, 0.2) is 51.0 Å². The van der Waals surface area contributed by atoms with E-state index in [1.165, 1.54) is 23.8 Å². The fraction of sp³-hybridized carbons (Fsp3) is 0.200. The van der Waals surface area contributed by atoms with E-state index in [1.54, 1.807) is 25.1 Å². The molecule has 22 heavy (non-hydrogen) atoms. The van der Waals surface area contributed by atoms with E-state index in [2.05, 4.69) is 10.5 Å². The molecule has 0 aromatic carbocycles. The quantitative estimate of drug-likeness (QED) is 0.753. The molecule has 6 nitrogen and oxygen atoms in total. The van der Waals surface area contributed by atoms with E-state index in [9.17, 15) is 9.90 Å². The van der Waals surface area contributed by atoms with Crippen LogP contribution in [0.2, 0.25) is 0 Å². The van der Waals surface area contributed by atoms with Crippen LogP contribution in [-0.2, 0) is 5.60 Å². The number of nitrogens with one attached hydrogen (secondary N) is 1. The van der Waals surface area contributed by atoms with Crippen LogP contribution in [0.1, 0.15) is 26.8 Å². The van der Waals surface area contributed by atoms with Gasteiger partial charge in [-0.05, 0) is 30.5 Å². The van der Waals surface area contributed by atoms with E-state index >= 15 is 0 Å². The highest BCUT2D eigenvalue weighted by atomic mass is 32.1. The number of carbonyl (C=O) groups is 1. The van der Waals surface area contributed by atoms with Crippen molar-refractivity contribution in [1.82, 2.24) is 10.5 Å². The lowest BCUT2D eigenvalue weighted by Crippen LogP contribution is -2.41. The van der Waals surface area contributed by atoms with Crippen molar-refractivity contribution in [2.45, 2.75) is 12.5 Å². The smallest absolute Gasteiger partial charge is 0.256 e. The molecule has 0 aliphatic carbocycles. The molecule has 3 aromatic rings. The zero-order valence-electron chi connectivity index (χ0n) is 11.8. The van der Waals surface area contributed by atoms with Crippen LogP contribution >= 0.6 is 11.3 Å². The van der Waals surface area contributed by atoms with E-state index < -0.39 is 5.60 Å². The van der Waals surface area contributed by atoms with Crippen LogP contribution in [0, 0.1) is 6.92 Å². The van der Waals surface area contributed by atoms with Crippen LogP contribution in [0.4, 0.5) is 0 Å². The van der Waals surface area contributed by atoms with Gasteiger partial charge in [0.25, 0.3) is 5.91 Å². The fourth-order valence-electron chi connectivity index (χ4n) is 2.14. The highest BCUT2D eigenvalue weighted by Gasteiger charge is 2.36. The van der Waals surface area contributed by atoms with Gasteiger partial charge in [-0.3, -0.25) is 4.79 Å². The van der Waals surface area contributed by atoms with Crippen molar-refractivity contribution in [3.63, 3.8) is 0 Å². The lowest BCUT2D eigenvalue weighted by atomic mass is 9.98. The molecule has 1 amide bonds. The van der Waals surface area contributed by atoms with Crippen molar-refractivity contribution in [2.75, 3.05) is 6.54 Å². The van der Waals surface area contributed by atoms with E-state index in [0.29, 0.717) is 22.0 Å². The van der Waals surface area contributed by atoms with Crippen molar-refractivity contribution >= 4 is 17.2 Å². The number of amides is 1. The molecule has 0 radical (unpaired) electrons. The molecule has 0 bridgehead atoms. The topological polar surface area (TPSA) is 88.5 Å². The number of rotatable bonds is 5. The Labute approximate surface area is 130 Å². The Bertz CT molecular complexity index is 712. The van der Waals surface area contributed by atoms with Crippen LogP contribution in [-0.4, -0.2) is 22.7 Å². The predicted molar refractivity (Wildman–Crippen MR) is 79.6 cm³/mol. The lowest BCUT2D eigenvalue weighted by Gasteiger charge is -2.25. The third-order valence-electron chi connectivity index (χ3n) is 3.36. The highest BCUT2D eigenvalue weighted by molar-refractivity contribution is 7.10. The van der Waals surface area contributed by atoms with E-state index in [1.807, 2.05) is 11.4 Å². The molecule has 0 aliphatic heterocycles. The van der Waals surface area contributed by atoms with Crippen molar-refractivity contribution in [3.8, 4) is 0 Å². The van der Waals surface area contributed by atoms with Gasteiger partial charge in [-0.15, -0.1) is 11.3 Å². The number of aliphatic hydroxyl groups is 1. The number of furan rings is 1. The molecule has 1 atom stereocenters. The first-order valence-corrected chi connectivity index (χ1v) is 7.49. The van der Waals surface area contributed by atoms with Gasteiger partial charge in [-0.25, -0.2) is 0 Å². The molecular weight excluding hydrogens is 304 g/mol. The minimum Gasteiger partial charge on any atom is -0.466 e. The van der Waals surface area contributed by atoms with Crippen molar-refractivity contribution < 1.29 is 18.8 Å². The third kappa shape index (κ3) is 2.56. The van der Waals surface area contributed by atoms with Crippen molar-refractivity contribution in [3.05, 3.63) is 64.1 Å². The number of carbonyl (C=O) groups excluding carboxylic acids is 1. The fourth-order valence-corrected chi connectivity index (χ4v) is 2.97. The average molecular weight is 318 g/mol. The standard InChI is InChI=1S/C15H14N2O4S/c1-10-11(8-17-21-10)14(18)16-9-15(19,12-4-2-6-20-12)13-5-3-7-22-13/h2-8,19H,9H2,1H3,(H,16,18). The normalized spacial score (nSPS) is 13.7. The summed E-state index contributed by atoms with van der Waals surface area (Å²) in [5.74, 6) is 0.438. The number of hydrogen-bond acceptors (Lipinski definition) is 6. The van der Waals surface area contributed by atoms with Gasteiger partial charge in [0.1, 0.15) is 17.1 Å². The molecule has 0 saturated heterocycles. The SMILES string of the molecule is Cc1oncc1C(=O)NCC(O)(c1ccco1)c1cccs1. The molecule has 3 heterocycles. The maximum atomic E-state index is 12.2. The van der Waals surface area contributed by atoms with Crippen LogP contribution in [0.3, 0.4) is 0 Å². The molecule has 0 fully saturated rings. The summed E-state index contributed by atoms with van der Waals surface area (Å²) in [6, 6.07) is 7.00. The van der Waals surface area contributed by atoms with Gasteiger partial charge in [0.2, 0.25) is 0 Å². The second-order valence-electron chi connectivity index (χ2n) is 4.79. The van der Waals surface area contributed by atoms with Gasteiger partial charge in [0.05, 0.1) is 19.0 Å². The molecular formula is C15H14N2O4S. The van der Waals surface area contributed by atoms with Gasteiger partial charge in [0, 0.05) is 4.88 Å². The number of aromatic nitrogens is 1. The Balaban J connectivity index is 1.83. The molecule has 1 unspecified atom stereocenters. The maximum absolute atomic E-state index is 12.2. The first-order valence-electron chi connectivity index (χ1n) is 6.61. The van der Waals surface area contributed by atoms with Gasteiger partial charge < -0.3 is 19.4 Å². The van der Waals surface area contributed by atoms with Crippen LogP contribution < -0.4 is 5.32 Å². The number of thiophene rings is 1. The van der Waals surface area contributed by atoms with Gasteiger partial charge in [-0.2, -0.15) is 0 Å². The number of hydrogen-bond donors (Lipinski definition) is 2. The predicted octanol–water partition coefficient (Wildman–Crippen LogP) is 2.30. The zero-order chi connectivity index (χ0) is 15.6. The van der Waals surface area contributed by atoms with Gasteiger partial charge in [0.15, 0.2) is 5.60 Å². The largest absolute Gasteiger partial charge is 0.466 e. The molecule has 0 saturated carbocycles. The molecule has 114 valence electrons. The summed E-state index contributed by atoms with van der Waals surface area (Å²) in [6.45, 7) is 1.63. The van der Waals surface area contributed by atoms with E-state index in [-0.39, 0.29) is 12.5 Å². The summed E-state index contributed by atoms with van der Waals surface area (Å²) in [7, 11) is 0. The second-order valence-corrected chi connectivity index (χ2v) is 5.74. The number of nitrogens with zero attached hydrogens (tertiary/aromatic N) is 1. The van der Waals surface area contributed by atoms with Crippen molar-refractivity contribution in [2.24, 2.45) is 0 Å². The molecule has 7 heteroatoms. The maximum Gasteiger partial charge on any atom is 0.256 e. The third-order valence-corrected chi connectivity index (χ3v) is 4.38. The number of aryl methyl sites for hydroxylation is 1.